The van der Waals surface area contributed by atoms with Crippen LogP contribution in [0.25, 0.3) is 10.9 Å². The van der Waals surface area contributed by atoms with E-state index in [4.69, 9.17) is 0 Å². The predicted molar refractivity (Wildman–Crippen MR) is 106 cm³/mol. The van der Waals surface area contributed by atoms with E-state index in [9.17, 15) is 4.79 Å². The number of hydrogen-bond donors (Lipinski definition) is 2. The van der Waals surface area contributed by atoms with Crippen molar-refractivity contribution in [1.82, 2.24) is 15.0 Å². The van der Waals surface area contributed by atoms with E-state index in [0.29, 0.717) is 22.0 Å². The van der Waals surface area contributed by atoms with E-state index in [1.807, 2.05) is 55.6 Å². The Hall–Kier alpha value is -2.80. The molecular formula is C18H19N5OS. The summed E-state index contributed by atoms with van der Waals surface area (Å²) in [7, 11) is 1.68. The molecule has 3 rings (SSSR count). The number of aromatic nitrogens is 2. The maximum absolute atomic E-state index is 12.4. The summed E-state index contributed by atoms with van der Waals surface area (Å²) < 4.78 is 1.47. The zero-order valence-corrected chi connectivity index (χ0v) is 15.1. The lowest BCUT2D eigenvalue weighted by Crippen LogP contribution is -2.32. The van der Waals surface area contributed by atoms with E-state index < -0.39 is 0 Å². The second-order valence-corrected chi connectivity index (χ2v) is 6.32. The van der Waals surface area contributed by atoms with Crippen LogP contribution in [0.3, 0.4) is 0 Å². The molecule has 0 bridgehead atoms. The van der Waals surface area contributed by atoms with Crippen LogP contribution in [-0.4, -0.2) is 21.0 Å². The second kappa shape index (κ2) is 7.40. The van der Waals surface area contributed by atoms with E-state index >= 15 is 0 Å². The Balaban J connectivity index is 1.84. The van der Waals surface area contributed by atoms with E-state index in [2.05, 4.69) is 20.8 Å². The number of anilines is 1. The van der Waals surface area contributed by atoms with Gasteiger partial charge < -0.3 is 0 Å². The van der Waals surface area contributed by atoms with Gasteiger partial charge in [0.05, 0.1) is 16.6 Å². The summed E-state index contributed by atoms with van der Waals surface area (Å²) in [6.45, 7) is 2.04. The third kappa shape index (κ3) is 3.83. The number of thioether (sulfide) groups is 1. The van der Waals surface area contributed by atoms with Crippen molar-refractivity contribution < 1.29 is 0 Å². The fourth-order valence-corrected chi connectivity index (χ4v) is 2.65. The smallest absolute Gasteiger partial charge is 0.262 e. The summed E-state index contributed by atoms with van der Waals surface area (Å²) in [6.07, 6.45) is 1.93. The van der Waals surface area contributed by atoms with Gasteiger partial charge in [-0.25, -0.2) is 9.98 Å². The van der Waals surface area contributed by atoms with Crippen LogP contribution in [-0.2, 0) is 7.05 Å². The average molecular weight is 353 g/mol. The number of rotatable bonds is 3. The molecule has 0 radical (unpaired) electrons. The number of aryl methyl sites for hydroxylation is 1. The summed E-state index contributed by atoms with van der Waals surface area (Å²) in [5.41, 5.74) is 8.59. The number of nitrogens with one attached hydrogen (secondary N) is 2. The van der Waals surface area contributed by atoms with Crippen molar-refractivity contribution in [3.63, 3.8) is 0 Å². The molecule has 2 aromatic carbocycles. The number of para-hydroxylation sites is 1. The summed E-state index contributed by atoms with van der Waals surface area (Å²) >= 11 is 1.46. The molecule has 0 saturated heterocycles. The molecule has 1 heterocycles. The third-order valence-corrected chi connectivity index (χ3v) is 4.30. The number of hydrogen-bond acceptors (Lipinski definition) is 5. The first-order chi connectivity index (χ1) is 12.1. The minimum atomic E-state index is -0.101. The van der Waals surface area contributed by atoms with Crippen LogP contribution in [0.15, 0.2) is 58.3 Å². The Bertz CT molecular complexity index is 979. The van der Waals surface area contributed by atoms with Crippen LogP contribution in [0.1, 0.15) is 5.56 Å². The number of fused-ring (bicyclic) bond motifs is 1. The van der Waals surface area contributed by atoms with E-state index in [-0.39, 0.29) is 5.56 Å². The number of benzene rings is 2. The van der Waals surface area contributed by atoms with Crippen LogP contribution < -0.4 is 16.4 Å². The molecule has 0 aliphatic rings. The first-order valence-corrected chi connectivity index (χ1v) is 8.98. The number of hydrazine groups is 1. The molecule has 0 unspecified atom stereocenters. The lowest BCUT2D eigenvalue weighted by Gasteiger charge is -2.13. The maximum Gasteiger partial charge on any atom is 0.262 e. The zero-order valence-electron chi connectivity index (χ0n) is 14.3. The summed E-state index contributed by atoms with van der Waals surface area (Å²) in [5.74, 6) is 0.425. The Morgan fingerprint density at radius 2 is 1.88 bits per heavy atom. The van der Waals surface area contributed by atoms with Gasteiger partial charge in [-0.1, -0.05) is 41.6 Å². The molecule has 0 saturated carbocycles. The maximum atomic E-state index is 12.4. The molecule has 0 aliphatic carbocycles. The number of aliphatic imine (C=N–C) groups is 1. The van der Waals surface area contributed by atoms with E-state index in [1.165, 1.54) is 21.9 Å². The summed E-state index contributed by atoms with van der Waals surface area (Å²) in [5, 5.41) is 1.26. The van der Waals surface area contributed by atoms with Gasteiger partial charge in [0.25, 0.3) is 5.56 Å². The SMILES string of the molecule is CSC(=Nc1ccc(C)cc1)NNc1nc2ccccc2c(=O)n1C. The van der Waals surface area contributed by atoms with Gasteiger partial charge in [-0.3, -0.25) is 20.2 Å². The Morgan fingerprint density at radius 1 is 1.16 bits per heavy atom. The van der Waals surface area contributed by atoms with Crippen LogP contribution in [0.2, 0.25) is 0 Å². The lowest BCUT2D eigenvalue weighted by atomic mass is 10.2. The van der Waals surface area contributed by atoms with Crippen LogP contribution >= 0.6 is 11.8 Å². The molecular weight excluding hydrogens is 334 g/mol. The average Bonchev–Trinajstić information content (AvgIpc) is 2.64. The highest BCUT2D eigenvalue weighted by atomic mass is 32.2. The quantitative estimate of drug-likeness (QED) is 0.430. The Labute approximate surface area is 150 Å². The monoisotopic (exact) mass is 353 g/mol. The van der Waals surface area contributed by atoms with Crippen molar-refractivity contribution in [2.75, 3.05) is 11.7 Å². The van der Waals surface area contributed by atoms with Crippen molar-refractivity contribution in [3.8, 4) is 0 Å². The molecule has 0 spiro atoms. The van der Waals surface area contributed by atoms with Gasteiger partial charge in [0.2, 0.25) is 5.95 Å². The first kappa shape index (κ1) is 17.0. The van der Waals surface area contributed by atoms with Gasteiger partial charge in [0.15, 0.2) is 5.17 Å². The fraction of sp³-hybridized carbons (Fsp3) is 0.167. The van der Waals surface area contributed by atoms with E-state index in [0.717, 1.165) is 5.69 Å². The molecule has 128 valence electrons. The van der Waals surface area contributed by atoms with Crippen LogP contribution in [0.5, 0.6) is 0 Å². The van der Waals surface area contributed by atoms with Crippen molar-refractivity contribution >= 4 is 39.5 Å². The normalized spacial score (nSPS) is 11.6. The van der Waals surface area contributed by atoms with Gasteiger partial charge in [-0.05, 0) is 37.4 Å². The fourth-order valence-electron chi connectivity index (χ4n) is 2.30. The highest BCUT2D eigenvalue weighted by Gasteiger charge is 2.08. The van der Waals surface area contributed by atoms with E-state index in [1.54, 1.807) is 13.1 Å². The predicted octanol–water partition coefficient (Wildman–Crippen LogP) is 3.21. The van der Waals surface area contributed by atoms with Crippen molar-refractivity contribution in [1.29, 1.82) is 0 Å². The van der Waals surface area contributed by atoms with Gasteiger partial charge in [-0.15, -0.1) is 0 Å². The topological polar surface area (TPSA) is 71.3 Å². The standard InChI is InChI=1S/C18H19N5OS/c1-12-8-10-13(11-9-12)19-18(25-3)22-21-17-20-15-7-5-4-6-14(15)16(24)23(17)2/h4-11H,1-3H3,(H,19,22)(H,20,21). The second-order valence-electron chi connectivity index (χ2n) is 5.52. The molecule has 3 aromatic rings. The van der Waals surface area contributed by atoms with Gasteiger partial charge in [-0.2, -0.15) is 0 Å². The molecule has 2 N–H and O–H groups in total. The van der Waals surface area contributed by atoms with Gasteiger partial charge >= 0.3 is 0 Å². The largest absolute Gasteiger partial charge is 0.280 e. The Morgan fingerprint density at radius 3 is 2.60 bits per heavy atom. The Kier molecular flexibility index (Phi) is 5.04. The minimum Gasteiger partial charge on any atom is -0.280 e. The van der Waals surface area contributed by atoms with Crippen molar-refractivity contribution in [2.24, 2.45) is 12.0 Å². The highest BCUT2D eigenvalue weighted by molar-refractivity contribution is 8.13. The summed E-state index contributed by atoms with van der Waals surface area (Å²) in [4.78, 5) is 21.4. The van der Waals surface area contributed by atoms with Crippen molar-refractivity contribution in [3.05, 3.63) is 64.4 Å². The molecule has 1 aromatic heterocycles. The molecule has 0 fully saturated rings. The number of nitrogens with zero attached hydrogens (tertiary/aromatic N) is 3. The number of amidine groups is 1. The molecule has 7 heteroatoms. The minimum absolute atomic E-state index is 0.101. The lowest BCUT2D eigenvalue weighted by molar-refractivity contribution is 0.833. The molecule has 0 aliphatic heterocycles. The van der Waals surface area contributed by atoms with Crippen LogP contribution in [0.4, 0.5) is 11.6 Å². The zero-order chi connectivity index (χ0) is 17.8. The molecule has 25 heavy (non-hydrogen) atoms. The van der Waals surface area contributed by atoms with Crippen molar-refractivity contribution in [2.45, 2.75) is 6.92 Å². The molecule has 0 atom stereocenters. The van der Waals surface area contributed by atoms with Gasteiger partial charge in [0, 0.05) is 7.05 Å². The molecule has 6 nitrogen and oxygen atoms in total. The highest BCUT2D eigenvalue weighted by Crippen LogP contribution is 2.15. The van der Waals surface area contributed by atoms with Crippen LogP contribution in [0, 0.1) is 6.92 Å². The van der Waals surface area contributed by atoms with Gasteiger partial charge in [0.1, 0.15) is 0 Å². The third-order valence-electron chi connectivity index (χ3n) is 3.72. The summed E-state index contributed by atoms with van der Waals surface area (Å²) in [6, 6.07) is 15.2. The first-order valence-electron chi connectivity index (χ1n) is 7.75. The molecule has 0 amide bonds.